The molecule has 0 radical (unpaired) electrons. The van der Waals surface area contributed by atoms with Crippen LogP contribution in [-0.2, 0) is 4.74 Å². The maximum Gasteiger partial charge on any atom is 0.673 e. The lowest BCUT2D eigenvalue weighted by atomic mass is 10.0. The smallest absolute Gasteiger partial charge is 0.457 e. The topological polar surface area (TPSA) is 12.2 Å². The number of nitrogens with zero attached hydrogens (tertiary/aromatic N) is 1. The zero-order valence-electron chi connectivity index (χ0n) is 18.8. The van der Waals surface area contributed by atoms with E-state index in [1.165, 1.54) is 11.3 Å². The summed E-state index contributed by atoms with van der Waals surface area (Å²) in [5.74, 6) is 1.68. The lowest BCUT2D eigenvalue weighted by Gasteiger charge is -2.18. The van der Waals surface area contributed by atoms with Crippen LogP contribution in [0, 0.1) is 0 Å². The fraction of sp³-hybridized carbons (Fsp3) is 0.0741. The van der Waals surface area contributed by atoms with Gasteiger partial charge in [-0.15, -0.1) is 0 Å². The number of hydrogen-bond acceptors (Lipinski definition) is 1. The van der Waals surface area contributed by atoms with Gasteiger partial charge in [-0.25, -0.2) is 4.58 Å². The van der Waals surface area contributed by atoms with Crippen LogP contribution in [-0.4, -0.2) is 31.6 Å². The van der Waals surface area contributed by atoms with E-state index in [1.807, 2.05) is 44.4 Å². The molecular weight excluding hydrogens is 441 g/mol. The average Bonchev–Trinajstić information content (AvgIpc) is 2.83. The van der Waals surface area contributed by atoms with E-state index >= 15 is 0 Å². The minimum atomic E-state index is -6.00. The summed E-state index contributed by atoms with van der Waals surface area (Å²) in [6.07, 6.45) is 16.8. The van der Waals surface area contributed by atoms with E-state index < -0.39 is 7.25 Å². The molecule has 0 amide bonds. The second-order valence-electron chi connectivity index (χ2n) is 7.66. The number of benzene rings is 2. The molecule has 2 aromatic carbocycles. The van der Waals surface area contributed by atoms with Crippen LogP contribution in [0.1, 0.15) is 11.1 Å². The molecule has 2 aromatic rings. The quantitative estimate of drug-likeness (QED) is 0.268. The Bertz CT molecular complexity index is 1190. The van der Waals surface area contributed by atoms with Crippen molar-refractivity contribution in [2.75, 3.05) is 14.1 Å². The SMILES string of the molecule is C[N+](C)=C1C=CC(=CC=C2C=C(c3ccccc3)C=C(c3ccccc3)O2)C=C1.F[B-](F)(F)F. The van der Waals surface area contributed by atoms with Gasteiger partial charge < -0.3 is 22.0 Å². The van der Waals surface area contributed by atoms with Crippen LogP contribution in [0.15, 0.2) is 121 Å². The fourth-order valence-electron chi connectivity index (χ4n) is 3.21. The molecule has 1 aliphatic carbocycles. The Balaban J connectivity index is 0.000000588. The second kappa shape index (κ2) is 11.3. The fourth-order valence-corrected chi connectivity index (χ4v) is 3.21. The molecule has 2 aliphatic rings. The van der Waals surface area contributed by atoms with Crippen LogP contribution in [0.2, 0.25) is 0 Å². The van der Waals surface area contributed by atoms with Crippen molar-refractivity contribution in [3.63, 3.8) is 0 Å². The van der Waals surface area contributed by atoms with E-state index in [4.69, 9.17) is 4.74 Å². The monoisotopic (exact) mass is 465 g/mol. The third-order valence-corrected chi connectivity index (χ3v) is 4.83. The number of rotatable bonds is 3. The highest BCUT2D eigenvalue weighted by Gasteiger charge is 2.20. The standard InChI is InChI=1S/C27H24NO.BF4/c1-28(2)25-16-13-21(14-17-25)15-18-26-19-24(22-9-5-3-6-10-22)20-27(29-26)23-11-7-4-8-12-23;2-1(3,4)5/h3-20H,1-2H3;/q+1;-1. The van der Waals surface area contributed by atoms with Gasteiger partial charge >= 0.3 is 7.25 Å². The summed E-state index contributed by atoms with van der Waals surface area (Å²) in [6.45, 7) is 0. The first kappa shape index (κ1) is 24.8. The van der Waals surface area contributed by atoms with Crippen molar-refractivity contribution in [3.8, 4) is 0 Å². The van der Waals surface area contributed by atoms with Crippen LogP contribution in [0.25, 0.3) is 11.3 Å². The van der Waals surface area contributed by atoms with Crippen LogP contribution in [0.4, 0.5) is 17.3 Å². The average molecular weight is 465 g/mol. The molecule has 0 fully saturated rings. The van der Waals surface area contributed by atoms with Gasteiger partial charge in [0.15, 0.2) is 5.71 Å². The van der Waals surface area contributed by atoms with Crippen LogP contribution >= 0.6 is 0 Å². The third kappa shape index (κ3) is 7.92. The predicted octanol–water partition coefficient (Wildman–Crippen LogP) is 7.09. The highest BCUT2D eigenvalue weighted by molar-refractivity contribution is 6.50. The lowest BCUT2D eigenvalue weighted by molar-refractivity contribution is -0.462. The normalized spacial score (nSPS) is 16.2. The van der Waals surface area contributed by atoms with Crippen molar-refractivity contribution in [2.45, 2.75) is 0 Å². The molecule has 0 bridgehead atoms. The van der Waals surface area contributed by atoms with Gasteiger partial charge in [0, 0.05) is 17.7 Å². The first-order valence-corrected chi connectivity index (χ1v) is 10.6. The Labute approximate surface area is 197 Å². The van der Waals surface area contributed by atoms with E-state index in [-0.39, 0.29) is 0 Å². The molecule has 0 saturated heterocycles. The predicted molar refractivity (Wildman–Crippen MR) is 132 cm³/mol. The summed E-state index contributed by atoms with van der Waals surface area (Å²) >= 11 is 0. The number of allylic oxidation sites excluding steroid dienone is 10. The molecule has 174 valence electrons. The van der Waals surface area contributed by atoms with Crippen molar-refractivity contribution < 1.29 is 26.6 Å². The minimum Gasteiger partial charge on any atom is -0.457 e. The molecule has 0 atom stereocenters. The van der Waals surface area contributed by atoms with Crippen molar-refractivity contribution in [1.82, 2.24) is 0 Å². The molecule has 2 nitrogen and oxygen atoms in total. The summed E-state index contributed by atoms with van der Waals surface area (Å²) < 4.78 is 47.3. The molecule has 4 rings (SSSR count). The Morgan fingerprint density at radius 3 is 1.76 bits per heavy atom. The van der Waals surface area contributed by atoms with E-state index in [2.05, 4.69) is 83.5 Å². The summed E-state index contributed by atoms with van der Waals surface area (Å²) in [5, 5.41) is 0. The first-order chi connectivity index (χ1) is 16.2. The summed E-state index contributed by atoms with van der Waals surface area (Å²) in [7, 11) is -1.91. The molecule has 34 heavy (non-hydrogen) atoms. The number of halogens is 4. The second-order valence-corrected chi connectivity index (χ2v) is 7.66. The van der Waals surface area contributed by atoms with Gasteiger partial charge in [-0.2, -0.15) is 0 Å². The Hall–Kier alpha value is -3.87. The van der Waals surface area contributed by atoms with Gasteiger partial charge in [0.25, 0.3) is 0 Å². The van der Waals surface area contributed by atoms with E-state index in [0.29, 0.717) is 0 Å². The molecule has 1 heterocycles. The number of ether oxygens (including phenoxy) is 1. The molecule has 0 N–H and O–H groups in total. The van der Waals surface area contributed by atoms with Gasteiger partial charge in [-0.3, -0.25) is 0 Å². The van der Waals surface area contributed by atoms with Crippen molar-refractivity contribution in [1.29, 1.82) is 0 Å². The van der Waals surface area contributed by atoms with Crippen LogP contribution in [0.3, 0.4) is 0 Å². The third-order valence-electron chi connectivity index (χ3n) is 4.83. The summed E-state index contributed by atoms with van der Waals surface area (Å²) in [4.78, 5) is 0. The zero-order chi connectivity index (χ0) is 24.6. The minimum absolute atomic E-state index is 0.821. The van der Waals surface area contributed by atoms with Crippen molar-refractivity contribution in [2.24, 2.45) is 0 Å². The molecule has 0 unspecified atom stereocenters. The van der Waals surface area contributed by atoms with Gasteiger partial charge in [0.05, 0.1) is 0 Å². The molecule has 0 spiro atoms. The van der Waals surface area contributed by atoms with Crippen LogP contribution < -0.4 is 0 Å². The van der Waals surface area contributed by atoms with Gasteiger partial charge in [-0.1, -0.05) is 66.7 Å². The maximum absolute atomic E-state index is 9.75. The van der Waals surface area contributed by atoms with Crippen LogP contribution in [0.5, 0.6) is 0 Å². The van der Waals surface area contributed by atoms with Gasteiger partial charge in [0.1, 0.15) is 25.6 Å². The Morgan fingerprint density at radius 1 is 0.706 bits per heavy atom. The molecular formula is C27H24BF4NO. The maximum atomic E-state index is 9.75. The van der Waals surface area contributed by atoms with Gasteiger partial charge in [-0.05, 0) is 47.1 Å². The number of hydrogen-bond donors (Lipinski definition) is 0. The molecule has 1 aliphatic heterocycles. The molecule has 0 saturated carbocycles. The lowest BCUT2D eigenvalue weighted by Crippen LogP contribution is -2.09. The van der Waals surface area contributed by atoms with Crippen molar-refractivity contribution >= 4 is 24.3 Å². The first-order valence-electron chi connectivity index (χ1n) is 10.6. The van der Waals surface area contributed by atoms with E-state index in [9.17, 15) is 17.3 Å². The summed E-state index contributed by atoms with van der Waals surface area (Å²) in [5.41, 5.74) is 5.69. The van der Waals surface area contributed by atoms with E-state index in [0.717, 1.165) is 28.2 Å². The Morgan fingerprint density at radius 2 is 1.24 bits per heavy atom. The molecule has 0 aromatic heterocycles. The molecule has 7 heteroatoms. The highest BCUT2D eigenvalue weighted by atomic mass is 19.5. The largest absolute Gasteiger partial charge is 0.673 e. The summed E-state index contributed by atoms with van der Waals surface area (Å²) in [6, 6.07) is 20.6. The van der Waals surface area contributed by atoms with Crippen molar-refractivity contribution in [3.05, 3.63) is 132 Å². The zero-order valence-corrected chi connectivity index (χ0v) is 18.8. The van der Waals surface area contributed by atoms with Gasteiger partial charge in [0.2, 0.25) is 0 Å². The highest BCUT2D eigenvalue weighted by Crippen LogP contribution is 2.31. The van der Waals surface area contributed by atoms with E-state index in [1.54, 1.807) is 0 Å². The Kier molecular flexibility index (Phi) is 8.25.